The van der Waals surface area contributed by atoms with Gasteiger partial charge >= 0.3 is 6.03 Å². The van der Waals surface area contributed by atoms with Crippen LogP contribution in [0.25, 0.3) is 0 Å². The molecule has 1 unspecified atom stereocenters. The second kappa shape index (κ2) is 3.59. The van der Waals surface area contributed by atoms with E-state index in [1.165, 1.54) is 5.56 Å². The number of hydrogen-bond acceptors (Lipinski definition) is 2. The first-order chi connectivity index (χ1) is 8.89. The number of rotatable bonds is 0. The molecule has 1 fully saturated rings. The van der Waals surface area contributed by atoms with Gasteiger partial charge in [0, 0.05) is 7.05 Å². The normalized spacial score (nSPS) is 28.5. The molecule has 2 amide bonds. The third-order valence-electron chi connectivity index (χ3n) is 4.74. The number of amides is 2. The predicted octanol–water partition coefficient (Wildman–Crippen LogP) is 2.59. The third-order valence-corrected chi connectivity index (χ3v) is 4.74. The third kappa shape index (κ3) is 1.40. The number of fused-ring (bicyclic) bond motifs is 2. The van der Waals surface area contributed by atoms with Crippen LogP contribution < -0.4 is 5.32 Å². The largest absolute Gasteiger partial charge is 0.323 e. The van der Waals surface area contributed by atoms with Crippen LogP contribution in [0.5, 0.6) is 0 Å². The Hall–Kier alpha value is -1.84. The second-order valence-electron chi connectivity index (χ2n) is 6.15. The number of benzene rings is 1. The van der Waals surface area contributed by atoms with E-state index < -0.39 is 5.54 Å². The molecule has 1 aromatic rings. The summed E-state index contributed by atoms with van der Waals surface area (Å²) >= 11 is 0. The number of carbonyl (C=O) groups is 1. The average Bonchev–Trinajstić information content (AvgIpc) is 2.59. The van der Waals surface area contributed by atoms with Gasteiger partial charge in [-0.3, -0.25) is 10.7 Å². The van der Waals surface area contributed by atoms with E-state index >= 15 is 0 Å². The molecule has 19 heavy (non-hydrogen) atoms. The Bertz CT molecular complexity index is 579. The van der Waals surface area contributed by atoms with E-state index in [2.05, 4.69) is 31.3 Å². The molecular weight excluding hydrogens is 238 g/mol. The molecule has 0 radical (unpaired) electrons. The maximum atomic E-state index is 11.9. The van der Waals surface area contributed by atoms with Crippen LogP contribution in [0.2, 0.25) is 0 Å². The SMILES string of the molecule is CN1C(=O)NC(=N)C12CCC(C)(C)c1ccccc12. The number of hydrogen-bond donors (Lipinski definition) is 2. The number of urea groups is 1. The van der Waals surface area contributed by atoms with Crippen molar-refractivity contribution in [3.8, 4) is 0 Å². The molecule has 1 heterocycles. The lowest BCUT2D eigenvalue weighted by atomic mass is 9.65. The minimum Gasteiger partial charge on any atom is -0.311 e. The van der Waals surface area contributed by atoms with Gasteiger partial charge in [0.1, 0.15) is 11.4 Å². The van der Waals surface area contributed by atoms with E-state index in [0.717, 1.165) is 18.4 Å². The van der Waals surface area contributed by atoms with Crippen LogP contribution in [0.3, 0.4) is 0 Å². The first-order valence-electron chi connectivity index (χ1n) is 6.63. The molecule has 2 N–H and O–H groups in total. The Morgan fingerprint density at radius 2 is 1.84 bits per heavy atom. The Kier molecular flexibility index (Phi) is 2.31. The van der Waals surface area contributed by atoms with Crippen LogP contribution >= 0.6 is 0 Å². The molecule has 2 aliphatic rings. The van der Waals surface area contributed by atoms with Gasteiger partial charge in [-0.15, -0.1) is 0 Å². The number of nitrogens with zero attached hydrogens (tertiary/aromatic N) is 1. The lowest BCUT2D eigenvalue weighted by Crippen LogP contribution is -2.49. The lowest BCUT2D eigenvalue weighted by Gasteiger charge is -2.45. The molecule has 1 aliphatic heterocycles. The summed E-state index contributed by atoms with van der Waals surface area (Å²) in [5, 5.41) is 10.9. The van der Waals surface area contributed by atoms with Crippen molar-refractivity contribution in [2.75, 3.05) is 7.05 Å². The first kappa shape index (κ1) is 12.2. The Morgan fingerprint density at radius 3 is 2.42 bits per heavy atom. The molecule has 0 saturated carbocycles. The summed E-state index contributed by atoms with van der Waals surface area (Å²) in [5.74, 6) is 0.308. The van der Waals surface area contributed by atoms with Crippen LogP contribution in [0.15, 0.2) is 24.3 Å². The van der Waals surface area contributed by atoms with Crippen molar-refractivity contribution >= 4 is 11.9 Å². The quantitative estimate of drug-likeness (QED) is 0.737. The summed E-state index contributed by atoms with van der Waals surface area (Å²) in [4.78, 5) is 13.6. The summed E-state index contributed by atoms with van der Waals surface area (Å²) in [6, 6.07) is 8.03. The molecular formula is C15H19N3O. The van der Waals surface area contributed by atoms with E-state index in [-0.39, 0.29) is 11.4 Å². The van der Waals surface area contributed by atoms with Gasteiger partial charge in [0.15, 0.2) is 0 Å². The molecule has 1 aromatic carbocycles. The van der Waals surface area contributed by atoms with Crippen LogP contribution in [-0.4, -0.2) is 23.8 Å². The standard InChI is InChI=1S/C15H19N3O/c1-14(2)8-9-15(11-7-5-4-6-10(11)14)12(16)17-13(19)18(15)3/h4-7H,8-9H2,1-3H3,(H2,16,17,19). The Morgan fingerprint density at radius 1 is 1.21 bits per heavy atom. The summed E-state index contributed by atoms with van der Waals surface area (Å²) in [5.41, 5.74) is 1.84. The van der Waals surface area contributed by atoms with Crippen LogP contribution in [0.4, 0.5) is 4.79 Å². The van der Waals surface area contributed by atoms with Crippen molar-refractivity contribution < 1.29 is 4.79 Å². The molecule has 1 aliphatic carbocycles. The minimum atomic E-state index is -0.594. The van der Waals surface area contributed by atoms with E-state index in [1.807, 2.05) is 12.1 Å². The maximum Gasteiger partial charge on any atom is 0.323 e. The number of nitrogens with one attached hydrogen (secondary N) is 2. The zero-order valence-corrected chi connectivity index (χ0v) is 11.6. The van der Waals surface area contributed by atoms with Gasteiger partial charge in [0.05, 0.1) is 0 Å². The van der Waals surface area contributed by atoms with Gasteiger partial charge in [-0.1, -0.05) is 38.1 Å². The van der Waals surface area contributed by atoms with Crippen LogP contribution in [0.1, 0.15) is 37.8 Å². The molecule has 0 aromatic heterocycles. The second-order valence-corrected chi connectivity index (χ2v) is 6.15. The maximum absolute atomic E-state index is 11.9. The van der Waals surface area contributed by atoms with Crippen LogP contribution in [-0.2, 0) is 11.0 Å². The van der Waals surface area contributed by atoms with Gasteiger partial charge in [0.2, 0.25) is 0 Å². The van der Waals surface area contributed by atoms with Crippen molar-refractivity contribution in [1.82, 2.24) is 10.2 Å². The van der Waals surface area contributed by atoms with Crippen molar-refractivity contribution in [2.45, 2.75) is 37.6 Å². The summed E-state index contributed by atoms with van der Waals surface area (Å²) < 4.78 is 0. The first-order valence-corrected chi connectivity index (χ1v) is 6.63. The fourth-order valence-electron chi connectivity index (χ4n) is 3.44. The minimum absolute atomic E-state index is 0.0919. The zero-order chi connectivity index (χ0) is 13.8. The van der Waals surface area contributed by atoms with Gasteiger partial charge in [-0.25, -0.2) is 4.79 Å². The summed E-state index contributed by atoms with van der Waals surface area (Å²) in [6.07, 6.45) is 1.76. The van der Waals surface area contributed by atoms with Crippen molar-refractivity contribution in [3.63, 3.8) is 0 Å². The van der Waals surface area contributed by atoms with E-state index in [9.17, 15) is 4.79 Å². The zero-order valence-electron chi connectivity index (χ0n) is 11.6. The molecule has 3 rings (SSSR count). The molecule has 100 valence electrons. The number of likely N-dealkylation sites (N-methyl/N-ethyl adjacent to an activating group) is 1. The monoisotopic (exact) mass is 257 g/mol. The highest BCUT2D eigenvalue weighted by atomic mass is 16.2. The Balaban J connectivity index is 2.26. The van der Waals surface area contributed by atoms with Crippen LogP contribution in [0, 0.1) is 5.41 Å². The Labute approximate surface area is 113 Å². The lowest BCUT2D eigenvalue weighted by molar-refractivity contribution is 0.172. The van der Waals surface area contributed by atoms with Gasteiger partial charge in [-0.05, 0) is 29.4 Å². The fraction of sp³-hybridized carbons (Fsp3) is 0.467. The smallest absolute Gasteiger partial charge is 0.311 e. The van der Waals surface area contributed by atoms with E-state index in [4.69, 9.17) is 5.41 Å². The van der Waals surface area contributed by atoms with E-state index in [0.29, 0.717) is 5.84 Å². The van der Waals surface area contributed by atoms with Gasteiger partial charge in [0.25, 0.3) is 0 Å². The molecule has 0 bridgehead atoms. The van der Waals surface area contributed by atoms with Crippen molar-refractivity contribution in [3.05, 3.63) is 35.4 Å². The summed E-state index contributed by atoms with van der Waals surface area (Å²) in [6.45, 7) is 4.46. The van der Waals surface area contributed by atoms with Crippen molar-refractivity contribution in [1.29, 1.82) is 5.41 Å². The highest BCUT2D eigenvalue weighted by molar-refractivity contribution is 6.09. The van der Waals surface area contributed by atoms with E-state index in [1.54, 1.807) is 11.9 Å². The van der Waals surface area contributed by atoms with Gasteiger partial charge in [-0.2, -0.15) is 0 Å². The number of carbonyl (C=O) groups excluding carboxylic acids is 1. The average molecular weight is 257 g/mol. The highest BCUT2D eigenvalue weighted by Crippen LogP contribution is 2.48. The van der Waals surface area contributed by atoms with Crippen molar-refractivity contribution in [2.24, 2.45) is 0 Å². The molecule has 1 saturated heterocycles. The molecule has 4 heteroatoms. The highest BCUT2D eigenvalue weighted by Gasteiger charge is 2.54. The van der Waals surface area contributed by atoms with Gasteiger partial charge < -0.3 is 4.90 Å². The topological polar surface area (TPSA) is 56.2 Å². The predicted molar refractivity (Wildman–Crippen MR) is 74.4 cm³/mol. The molecule has 4 nitrogen and oxygen atoms in total. The fourth-order valence-corrected chi connectivity index (χ4v) is 3.44. The molecule has 1 spiro atoms. The molecule has 1 atom stereocenters. The number of amidine groups is 1. The summed E-state index contributed by atoms with van der Waals surface area (Å²) in [7, 11) is 1.78.